The predicted molar refractivity (Wildman–Crippen MR) is 148 cm³/mol. The first-order valence-electron chi connectivity index (χ1n) is 11.5. The first-order valence-corrected chi connectivity index (χ1v) is 12.7. The van der Waals surface area contributed by atoms with Gasteiger partial charge in [0.2, 0.25) is 0 Å². The van der Waals surface area contributed by atoms with Gasteiger partial charge in [-0.3, -0.25) is 19.5 Å². The molecule has 0 fully saturated rings. The number of aromatic nitrogens is 2. The van der Waals surface area contributed by atoms with Gasteiger partial charge in [0.05, 0.1) is 26.4 Å². The van der Waals surface area contributed by atoms with E-state index in [4.69, 9.17) is 11.6 Å². The number of rotatable bonds is 7. The summed E-state index contributed by atoms with van der Waals surface area (Å²) in [6.07, 6.45) is 0. The van der Waals surface area contributed by atoms with E-state index in [9.17, 15) is 14.4 Å². The van der Waals surface area contributed by atoms with Gasteiger partial charge in [0.15, 0.2) is 5.82 Å². The number of likely N-dealkylation sites (N-methyl/N-ethyl adjacent to an activating group) is 2. The van der Waals surface area contributed by atoms with E-state index in [1.54, 1.807) is 29.2 Å². The molecule has 3 aromatic rings. The van der Waals surface area contributed by atoms with Gasteiger partial charge in [-0.1, -0.05) is 35.9 Å². The standard InChI is InChI=1S/C25H27BrClN7O3/c1-32(2)12-13-34-19-11-7-6-10-18(19)33(3)14-17(25(34)37)28-24(36)21-20(26)22(31-30-21)29-23(35)15-8-4-5-9-16(15)27/h4-11,17H,12-14H2,1-3H3,(H,28,36)(H2,29,30,31,35)/t17-/m1/s1. The van der Waals surface area contributed by atoms with E-state index < -0.39 is 17.9 Å². The van der Waals surface area contributed by atoms with Crippen molar-refractivity contribution >= 4 is 62.4 Å². The van der Waals surface area contributed by atoms with Crippen molar-refractivity contribution in [3.63, 3.8) is 0 Å². The number of anilines is 3. The number of para-hydroxylation sites is 2. The highest BCUT2D eigenvalue weighted by Crippen LogP contribution is 2.32. The van der Waals surface area contributed by atoms with Crippen molar-refractivity contribution in [3.8, 4) is 0 Å². The molecule has 194 valence electrons. The molecule has 0 unspecified atom stereocenters. The van der Waals surface area contributed by atoms with Crippen LogP contribution in [-0.4, -0.2) is 79.6 Å². The fourth-order valence-electron chi connectivity index (χ4n) is 4.02. The Hall–Kier alpha value is -3.41. The summed E-state index contributed by atoms with van der Waals surface area (Å²) >= 11 is 9.45. The minimum atomic E-state index is -0.816. The molecule has 4 rings (SSSR count). The van der Waals surface area contributed by atoms with Gasteiger partial charge in [-0.2, -0.15) is 5.10 Å². The largest absolute Gasteiger partial charge is 0.370 e. The van der Waals surface area contributed by atoms with E-state index >= 15 is 0 Å². The molecule has 0 radical (unpaired) electrons. The third-order valence-corrected chi connectivity index (χ3v) is 7.07. The van der Waals surface area contributed by atoms with Crippen molar-refractivity contribution in [3.05, 3.63) is 69.3 Å². The maximum Gasteiger partial charge on any atom is 0.271 e. The smallest absolute Gasteiger partial charge is 0.271 e. The fourth-order valence-corrected chi connectivity index (χ4v) is 4.70. The molecule has 0 aliphatic carbocycles. The van der Waals surface area contributed by atoms with E-state index in [1.165, 1.54) is 0 Å². The minimum absolute atomic E-state index is 0.0755. The van der Waals surface area contributed by atoms with Crippen LogP contribution >= 0.6 is 27.5 Å². The van der Waals surface area contributed by atoms with Crippen LogP contribution in [0.3, 0.4) is 0 Å². The molecule has 1 aromatic heterocycles. The summed E-state index contributed by atoms with van der Waals surface area (Å²) in [5.41, 5.74) is 2.04. The number of hydrogen-bond donors (Lipinski definition) is 3. The maximum atomic E-state index is 13.6. The number of aromatic amines is 1. The Morgan fingerprint density at radius 1 is 1.14 bits per heavy atom. The highest BCUT2D eigenvalue weighted by Gasteiger charge is 2.34. The van der Waals surface area contributed by atoms with Crippen LogP contribution in [0.1, 0.15) is 20.8 Å². The van der Waals surface area contributed by atoms with E-state index in [-0.39, 0.29) is 34.0 Å². The number of H-pyrrole nitrogens is 1. The van der Waals surface area contributed by atoms with Crippen molar-refractivity contribution in [2.45, 2.75) is 6.04 Å². The number of hydrogen-bond acceptors (Lipinski definition) is 6. The number of fused-ring (bicyclic) bond motifs is 1. The summed E-state index contributed by atoms with van der Waals surface area (Å²) in [5.74, 6) is -1.10. The SMILES string of the molecule is CN(C)CCN1C(=O)[C@H](NC(=O)c2[nH]nc(NC(=O)c3ccccc3Cl)c2Br)CN(C)c2ccccc21. The van der Waals surface area contributed by atoms with E-state index in [2.05, 4.69) is 36.8 Å². The van der Waals surface area contributed by atoms with Crippen LogP contribution in [0.25, 0.3) is 0 Å². The normalized spacial score (nSPS) is 15.4. The molecule has 37 heavy (non-hydrogen) atoms. The predicted octanol–water partition coefficient (Wildman–Crippen LogP) is 3.22. The van der Waals surface area contributed by atoms with Gasteiger partial charge in [0.1, 0.15) is 11.7 Å². The van der Waals surface area contributed by atoms with E-state index in [0.29, 0.717) is 18.1 Å². The molecule has 3 amide bonds. The Balaban J connectivity index is 1.53. The fraction of sp³-hybridized carbons (Fsp3) is 0.280. The lowest BCUT2D eigenvalue weighted by atomic mass is 10.2. The van der Waals surface area contributed by atoms with Crippen LogP contribution in [0.4, 0.5) is 17.2 Å². The summed E-state index contributed by atoms with van der Waals surface area (Å²) < 4.78 is 0.257. The molecule has 0 saturated heterocycles. The van der Waals surface area contributed by atoms with Crippen LogP contribution in [0, 0.1) is 0 Å². The number of carbonyl (C=O) groups is 3. The molecule has 1 aliphatic heterocycles. The molecule has 10 nitrogen and oxygen atoms in total. The van der Waals surface area contributed by atoms with Crippen LogP contribution in [0.2, 0.25) is 5.02 Å². The molecular formula is C25H27BrClN7O3. The Bertz CT molecular complexity index is 1330. The second-order valence-electron chi connectivity index (χ2n) is 8.88. The summed E-state index contributed by atoms with van der Waals surface area (Å²) in [6.45, 7) is 1.40. The van der Waals surface area contributed by atoms with Crippen molar-refractivity contribution in [2.24, 2.45) is 0 Å². The molecule has 12 heteroatoms. The summed E-state index contributed by atoms with van der Waals surface area (Å²) in [6, 6.07) is 13.5. The zero-order chi connectivity index (χ0) is 26.7. The first-order chi connectivity index (χ1) is 17.7. The van der Waals surface area contributed by atoms with E-state index in [0.717, 1.165) is 11.4 Å². The van der Waals surface area contributed by atoms with Gasteiger partial charge < -0.3 is 25.3 Å². The number of nitrogens with one attached hydrogen (secondary N) is 3. The molecule has 3 N–H and O–H groups in total. The Morgan fingerprint density at radius 2 is 1.81 bits per heavy atom. The highest BCUT2D eigenvalue weighted by atomic mass is 79.9. The maximum absolute atomic E-state index is 13.6. The van der Waals surface area contributed by atoms with Gasteiger partial charge in [-0.05, 0) is 54.3 Å². The lowest BCUT2D eigenvalue weighted by Crippen LogP contribution is -2.52. The van der Waals surface area contributed by atoms with Crippen molar-refractivity contribution in [1.82, 2.24) is 20.4 Å². The van der Waals surface area contributed by atoms with Gasteiger partial charge >= 0.3 is 0 Å². The topological polar surface area (TPSA) is 114 Å². The molecular weight excluding hydrogens is 562 g/mol. The van der Waals surface area contributed by atoms with Crippen LogP contribution in [-0.2, 0) is 4.79 Å². The van der Waals surface area contributed by atoms with Crippen LogP contribution < -0.4 is 20.4 Å². The molecule has 1 aliphatic rings. The highest BCUT2D eigenvalue weighted by molar-refractivity contribution is 9.10. The number of benzene rings is 2. The molecule has 2 aromatic carbocycles. The Kier molecular flexibility index (Phi) is 8.16. The monoisotopic (exact) mass is 587 g/mol. The molecule has 1 atom stereocenters. The lowest BCUT2D eigenvalue weighted by Gasteiger charge is -2.26. The third kappa shape index (κ3) is 5.79. The Morgan fingerprint density at radius 3 is 2.51 bits per heavy atom. The number of halogens is 2. The number of carbonyl (C=O) groups excluding carboxylic acids is 3. The number of nitrogens with zero attached hydrogens (tertiary/aromatic N) is 4. The molecule has 0 bridgehead atoms. The van der Waals surface area contributed by atoms with Crippen LogP contribution in [0.5, 0.6) is 0 Å². The van der Waals surface area contributed by atoms with Crippen molar-refractivity contribution < 1.29 is 14.4 Å². The van der Waals surface area contributed by atoms with Crippen LogP contribution in [0.15, 0.2) is 53.0 Å². The van der Waals surface area contributed by atoms with Gasteiger partial charge in [-0.15, -0.1) is 0 Å². The number of amides is 3. The zero-order valence-electron chi connectivity index (χ0n) is 20.6. The molecule has 0 spiro atoms. The minimum Gasteiger partial charge on any atom is -0.370 e. The van der Waals surface area contributed by atoms with Crippen molar-refractivity contribution in [2.75, 3.05) is 55.9 Å². The van der Waals surface area contributed by atoms with Gasteiger partial charge in [0, 0.05) is 26.7 Å². The van der Waals surface area contributed by atoms with Gasteiger partial charge in [0.25, 0.3) is 17.7 Å². The third-order valence-electron chi connectivity index (χ3n) is 5.96. The Labute approximate surface area is 228 Å². The summed E-state index contributed by atoms with van der Waals surface area (Å²) in [4.78, 5) is 45.1. The average molecular weight is 589 g/mol. The van der Waals surface area contributed by atoms with E-state index in [1.807, 2.05) is 55.2 Å². The van der Waals surface area contributed by atoms with Gasteiger partial charge in [-0.25, -0.2) is 0 Å². The summed E-state index contributed by atoms with van der Waals surface area (Å²) in [5, 5.41) is 12.5. The zero-order valence-corrected chi connectivity index (χ0v) is 22.9. The molecule has 2 heterocycles. The van der Waals surface area contributed by atoms with Crippen molar-refractivity contribution in [1.29, 1.82) is 0 Å². The lowest BCUT2D eigenvalue weighted by molar-refractivity contribution is -0.120. The second kappa shape index (κ2) is 11.3. The average Bonchev–Trinajstić information content (AvgIpc) is 3.19. The summed E-state index contributed by atoms with van der Waals surface area (Å²) in [7, 11) is 5.77. The second-order valence-corrected chi connectivity index (χ2v) is 10.1. The quantitative estimate of drug-likeness (QED) is 0.391. The first kappa shape index (κ1) is 26.6. The molecule has 0 saturated carbocycles.